The fourth-order valence-electron chi connectivity index (χ4n) is 3.39. The molecule has 4 aromatic rings. The number of halogens is 2. The average molecular weight is 375 g/mol. The lowest BCUT2D eigenvalue weighted by Gasteiger charge is -2.10. The number of aryl methyl sites for hydroxylation is 1. The lowest BCUT2D eigenvalue weighted by Crippen LogP contribution is -1.88. The van der Waals surface area contributed by atoms with Crippen molar-refractivity contribution in [3.05, 3.63) is 77.9 Å². The number of hydrogen-bond acceptors (Lipinski definition) is 2. The number of fused-ring (bicyclic) bond motifs is 3. The van der Waals surface area contributed by atoms with Crippen molar-refractivity contribution in [2.24, 2.45) is 4.99 Å². The van der Waals surface area contributed by atoms with E-state index in [4.69, 9.17) is 0 Å². The summed E-state index contributed by atoms with van der Waals surface area (Å²) in [4.78, 5) is 3.52. The topological polar surface area (TPSA) is 12.4 Å². The van der Waals surface area contributed by atoms with Gasteiger partial charge in [0.15, 0.2) is 11.6 Å². The molecule has 0 amide bonds. The van der Waals surface area contributed by atoms with Crippen molar-refractivity contribution in [2.75, 3.05) is 0 Å². The SMILES string of the molecule is CCc1ccc(-c2ccc3c(ccc4c(F)c(N=C=S)c(F)cc43)c2)cc1. The first-order valence-corrected chi connectivity index (χ1v) is 9.05. The Hall–Kier alpha value is -2.94. The molecule has 0 aliphatic rings. The van der Waals surface area contributed by atoms with E-state index >= 15 is 0 Å². The van der Waals surface area contributed by atoms with Crippen molar-refractivity contribution in [1.29, 1.82) is 0 Å². The Labute approximate surface area is 161 Å². The van der Waals surface area contributed by atoms with Crippen molar-refractivity contribution in [3.63, 3.8) is 0 Å². The third kappa shape index (κ3) is 3.03. The van der Waals surface area contributed by atoms with Gasteiger partial charge in [-0.15, -0.1) is 0 Å². The van der Waals surface area contributed by atoms with E-state index < -0.39 is 17.3 Å². The largest absolute Gasteiger partial charge is 0.204 e. The highest BCUT2D eigenvalue weighted by molar-refractivity contribution is 7.78. The second-order valence-corrected chi connectivity index (χ2v) is 6.55. The summed E-state index contributed by atoms with van der Waals surface area (Å²) in [6, 6.07) is 19.1. The molecule has 0 heterocycles. The van der Waals surface area contributed by atoms with Gasteiger partial charge in [0.05, 0.1) is 5.16 Å². The number of benzene rings is 4. The standard InChI is InChI=1S/C23H15F2NS/c1-2-14-3-5-15(6-4-14)16-7-9-18-17(11-16)8-10-19-20(18)12-21(24)23(22(19)25)26-13-27/h3-12H,2H2,1H3. The molecule has 0 atom stereocenters. The smallest absolute Gasteiger partial charge is 0.160 e. The van der Waals surface area contributed by atoms with Gasteiger partial charge in [0.1, 0.15) is 5.69 Å². The van der Waals surface area contributed by atoms with E-state index in [0.717, 1.165) is 28.3 Å². The molecule has 0 aliphatic carbocycles. The summed E-state index contributed by atoms with van der Waals surface area (Å²) in [6.07, 6.45) is 0.996. The zero-order valence-electron chi connectivity index (χ0n) is 14.6. The first-order valence-electron chi connectivity index (χ1n) is 8.64. The summed E-state index contributed by atoms with van der Waals surface area (Å²) in [5, 5.41) is 4.56. The quantitative estimate of drug-likeness (QED) is 0.209. The molecule has 0 bridgehead atoms. The van der Waals surface area contributed by atoms with Gasteiger partial charge in [-0.3, -0.25) is 0 Å². The Kier molecular flexibility index (Phi) is 4.53. The molecular formula is C23H15F2NS. The maximum Gasteiger partial charge on any atom is 0.160 e. The van der Waals surface area contributed by atoms with Gasteiger partial charge < -0.3 is 0 Å². The van der Waals surface area contributed by atoms with Crippen LogP contribution in [0.3, 0.4) is 0 Å². The molecule has 0 aliphatic heterocycles. The lowest BCUT2D eigenvalue weighted by molar-refractivity contribution is 0.596. The summed E-state index contributed by atoms with van der Waals surface area (Å²) in [5.74, 6) is -1.47. The fraction of sp³-hybridized carbons (Fsp3) is 0.0870. The van der Waals surface area contributed by atoms with Crippen LogP contribution < -0.4 is 0 Å². The molecule has 132 valence electrons. The molecule has 0 radical (unpaired) electrons. The minimum atomic E-state index is -0.746. The summed E-state index contributed by atoms with van der Waals surface area (Å²) < 4.78 is 28.9. The molecule has 0 unspecified atom stereocenters. The number of rotatable bonds is 3. The van der Waals surface area contributed by atoms with Crippen molar-refractivity contribution in [2.45, 2.75) is 13.3 Å². The Bertz CT molecular complexity index is 1220. The molecule has 1 nitrogen and oxygen atoms in total. The molecule has 0 spiro atoms. The molecule has 0 fully saturated rings. The number of isothiocyanates is 1. The van der Waals surface area contributed by atoms with Gasteiger partial charge in [-0.1, -0.05) is 55.5 Å². The second-order valence-electron chi connectivity index (χ2n) is 6.37. The molecular weight excluding hydrogens is 360 g/mol. The Balaban J connectivity index is 1.91. The average Bonchev–Trinajstić information content (AvgIpc) is 2.70. The summed E-state index contributed by atoms with van der Waals surface area (Å²) >= 11 is 4.48. The van der Waals surface area contributed by atoms with Gasteiger partial charge in [0.2, 0.25) is 0 Å². The molecule has 4 rings (SSSR count). The van der Waals surface area contributed by atoms with Crippen LogP contribution in [0.2, 0.25) is 0 Å². The zero-order valence-corrected chi connectivity index (χ0v) is 15.4. The first-order chi connectivity index (χ1) is 13.1. The maximum absolute atomic E-state index is 14.6. The van der Waals surface area contributed by atoms with E-state index in [2.05, 4.69) is 48.4 Å². The fourth-order valence-corrected chi connectivity index (χ4v) is 3.48. The van der Waals surface area contributed by atoms with Gasteiger partial charge in [-0.2, -0.15) is 4.99 Å². The molecule has 0 N–H and O–H groups in total. The van der Waals surface area contributed by atoms with E-state index in [1.54, 1.807) is 6.07 Å². The van der Waals surface area contributed by atoms with Crippen LogP contribution in [0.4, 0.5) is 14.5 Å². The third-order valence-corrected chi connectivity index (χ3v) is 4.95. The Morgan fingerprint density at radius 3 is 2.26 bits per heavy atom. The van der Waals surface area contributed by atoms with Crippen molar-refractivity contribution in [3.8, 4) is 11.1 Å². The van der Waals surface area contributed by atoms with Gasteiger partial charge in [0, 0.05) is 5.39 Å². The highest BCUT2D eigenvalue weighted by Crippen LogP contribution is 2.35. The van der Waals surface area contributed by atoms with E-state index in [1.807, 2.05) is 29.4 Å². The summed E-state index contributed by atoms with van der Waals surface area (Å²) in [6.45, 7) is 2.12. The minimum Gasteiger partial charge on any atom is -0.204 e. The van der Waals surface area contributed by atoms with Crippen LogP contribution in [0.15, 0.2) is 65.7 Å². The van der Waals surface area contributed by atoms with Gasteiger partial charge in [-0.25, -0.2) is 8.78 Å². The molecule has 0 saturated carbocycles. The van der Waals surface area contributed by atoms with Crippen LogP contribution in [-0.2, 0) is 6.42 Å². The number of aliphatic imine (C=N–C) groups is 1. The van der Waals surface area contributed by atoms with E-state index in [1.165, 1.54) is 11.6 Å². The number of nitrogens with zero attached hydrogens (tertiary/aromatic N) is 1. The molecule has 27 heavy (non-hydrogen) atoms. The van der Waals surface area contributed by atoms with Crippen LogP contribution in [-0.4, -0.2) is 5.16 Å². The highest BCUT2D eigenvalue weighted by Gasteiger charge is 2.15. The van der Waals surface area contributed by atoms with Crippen LogP contribution in [0, 0.1) is 11.6 Å². The number of thiocarbonyl (C=S) groups is 1. The maximum atomic E-state index is 14.6. The lowest BCUT2D eigenvalue weighted by atomic mass is 9.96. The predicted octanol–water partition coefficient (Wildman–Crippen LogP) is 7.23. The Morgan fingerprint density at radius 2 is 1.56 bits per heavy atom. The van der Waals surface area contributed by atoms with Gasteiger partial charge >= 0.3 is 0 Å². The van der Waals surface area contributed by atoms with Gasteiger partial charge in [0.25, 0.3) is 0 Å². The molecule has 0 saturated heterocycles. The monoisotopic (exact) mass is 375 g/mol. The van der Waals surface area contributed by atoms with E-state index in [9.17, 15) is 8.78 Å². The first kappa shape index (κ1) is 17.5. The van der Waals surface area contributed by atoms with Crippen LogP contribution in [0.1, 0.15) is 12.5 Å². The number of hydrogen-bond donors (Lipinski definition) is 0. The highest BCUT2D eigenvalue weighted by atomic mass is 32.1. The Morgan fingerprint density at radius 1 is 0.852 bits per heavy atom. The summed E-state index contributed by atoms with van der Waals surface area (Å²) in [7, 11) is 0. The normalized spacial score (nSPS) is 10.9. The minimum absolute atomic E-state index is 0.313. The van der Waals surface area contributed by atoms with Crippen LogP contribution in [0.5, 0.6) is 0 Å². The van der Waals surface area contributed by atoms with E-state index in [-0.39, 0.29) is 0 Å². The van der Waals surface area contributed by atoms with Gasteiger partial charge in [-0.05, 0) is 63.6 Å². The van der Waals surface area contributed by atoms with E-state index in [0.29, 0.717) is 10.8 Å². The molecule has 4 aromatic carbocycles. The predicted molar refractivity (Wildman–Crippen MR) is 111 cm³/mol. The van der Waals surface area contributed by atoms with Crippen molar-refractivity contribution >= 4 is 44.6 Å². The second kappa shape index (κ2) is 6.99. The summed E-state index contributed by atoms with van der Waals surface area (Å²) in [5.41, 5.74) is 3.06. The zero-order chi connectivity index (χ0) is 19.0. The molecule has 4 heteroatoms. The molecule has 0 aromatic heterocycles. The van der Waals surface area contributed by atoms with Crippen molar-refractivity contribution in [1.82, 2.24) is 0 Å². The van der Waals surface area contributed by atoms with Crippen molar-refractivity contribution < 1.29 is 8.78 Å². The van der Waals surface area contributed by atoms with Crippen LogP contribution >= 0.6 is 12.2 Å². The van der Waals surface area contributed by atoms with Crippen LogP contribution in [0.25, 0.3) is 32.7 Å². The third-order valence-electron chi connectivity index (χ3n) is 4.86.